The molecule has 0 atom stereocenters. The standard InChI is InChI=1S/C11H11NOS/c14-11-2-1-7-5-8-3-4-13-10(8)6-9(7)12-11/h5-6H,1-4H2,(H,12,14). The summed E-state index contributed by atoms with van der Waals surface area (Å²) in [5, 5.41) is 3.24. The first-order valence-electron chi connectivity index (χ1n) is 4.91. The Hall–Kier alpha value is -1.09. The van der Waals surface area contributed by atoms with E-state index in [9.17, 15) is 0 Å². The lowest BCUT2D eigenvalue weighted by molar-refractivity contribution is 0.357. The zero-order chi connectivity index (χ0) is 9.54. The van der Waals surface area contributed by atoms with Gasteiger partial charge < -0.3 is 10.1 Å². The lowest BCUT2D eigenvalue weighted by atomic mass is 10.00. The summed E-state index contributed by atoms with van der Waals surface area (Å²) in [6.45, 7) is 0.822. The zero-order valence-electron chi connectivity index (χ0n) is 7.80. The van der Waals surface area contributed by atoms with Gasteiger partial charge in [0.1, 0.15) is 5.75 Å². The van der Waals surface area contributed by atoms with Crippen LogP contribution < -0.4 is 10.1 Å². The molecule has 0 aliphatic carbocycles. The topological polar surface area (TPSA) is 21.3 Å². The fourth-order valence-electron chi connectivity index (χ4n) is 2.06. The molecular weight excluding hydrogens is 194 g/mol. The van der Waals surface area contributed by atoms with Crippen LogP contribution in [-0.2, 0) is 12.8 Å². The Morgan fingerprint density at radius 2 is 2.07 bits per heavy atom. The maximum Gasteiger partial charge on any atom is 0.124 e. The van der Waals surface area contributed by atoms with Crippen LogP contribution in [0, 0.1) is 0 Å². The number of hydrogen-bond donors (Lipinski definition) is 1. The van der Waals surface area contributed by atoms with Crippen molar-refractivity contribution in [2.24, 2.45) is 0 Å². The van der Waals surface area contributed by atoms with Crippen LogP contribution in [0.1, 0.15) is 17.5 Å². The molecule has 3 heteroatoms. The largest absolute Gasteiger partial charge is 0.493 e. The lowest BCUT2D eigenvalue weighted by Gasteiger charge is -2.19. The number of thiocarbonyl (C=S) groups is 1. The predicted molar refractivity (Wildman–Crippen MR) is 60.2 cm³/mol. The monoisotopic (exact) mass is 205 g/mol. The first kappa shape index (κ1) is 8.24. The summed E-state index contributed by atoms with van der Waals surface area (Å²) in [5.74, 6) is 1.03. The average Bonchev–Trinajstić information content (AvgIpc) is 2.61. The van der Waals surface area contributed by atoms with Gasteiger partial charge in [-0.15, -0.1) is 0 Å². The van der Waals surface area contributed by atoms with Gasteiger partial charge >= 0.3 is 0 Å². The Labute approximate surface area is 88.3 Å². The van der Waals surface area contributed by atoms with E-state index in [1.54, 1.807) is 0 Å². The first-order chi connectivity index (χ1) is 6.83. The molecule has 0 amide bonds. The van der Waals surface area contributed by atoms with Gasteiger partial charge in [-0.1, -0.05) is 12.2 Å². The molecule has 0 bridgehead atoms. The molecule has 72 valence electrons. The minimum Gasteiger partial charge on any atom is -0.493 e. The van der Waals surface area contributed by atoms with Gasteiger partial charge in [0, 0.05) is 24.6 Å². The Morgan fingerprint density at radius 1 is 1.14 bits per heavy atom. The van der Waals surface area contributed by atoms with E-state index in [-0.39, 0.29) is 0 Å². The third-order valence-corrected chi connectivity index (χ3v) is 3.12. The molecule has 0 aromatic heterocycles. The van der Waals surface area contributed by atoms with Crippen LogP contribution in [0.25, 0.3) is 0 Å². The number of ether oxygens (including phenoxy) is 1. The van der Waals surface area contributed by atoms with Crippen LogP contribution in [0.5, 0.6) is 5.75 Å². The Morgan fingerprint density at radius 3 is 3.00 bits per heavy atom. The molecule has 2 nitrogen and oxygen atoms in total. The van der Waals surface area contributed by atoms with Crippen LogP contribution in [0.2, 0.25) is 0 Å². The molecule has 0 unspecified atom stereocenters. The van der Waals surface area contributed by atoms with Gasteiger partial charge in [0.05, 0.1) is 11.6 Å². The van der Waals surface area contributed by atoms with Gasteiger partial charge in [0.25, 0.3) is 0 Å². The third-order valence-electron chi connectivity index (χ3n) is 2.81. The maximum absolute atomic E-state index is 5.52. The normalized spacial score (nSPS) is 18.1. The second-order valence-corrected chi connectivity index (χ2v) is 4.26. The molecule has 2 aliphatic rings. The molecule has 3 rings (SSSR count). The van der Waals surface area contributed by atoms with Crippen molar-refractivity contribution in [1.82, 2.24) is 0 Å². The van der Waals surface area contributed by atoms with Crippen molar-refractivity contribution in [1.29, 1.82) is 0 Å². The van der Waals surface area contributed by atoms with Crippen LogP contribution in [0.4, 0.5) is 5.69 Å². The highest BCUT2D eigenvalue weighted by Gasteiger charge is 2.18. The summed E-state index contributed by atoms with van der Waals surface area (Å²) in [7, 11) is 0. The molecule has 0 spiro atoms. The number of hydrogen-bond acceptors (Lipinski definition) is 2. The van der Waals surface area contributed by atoms with E-state index < -0.39 is 0 Å². The highest BCUT2D eigenvalue weighted by molar-refractivity contribution is 7.80. The third kappa shape index (κ3) is 1.20. The minimum atomic E-state index is 0.822. The van der Waals surface area contributed by atoms with E-state index in [4.69, 9.17) is 17.0 Å². The number of benzene rings is 1. The maximum atomic E-state index is 5.52. The van der Waals surface area contributed by atoms with Gasteiger partial charge in [-0.3, -0.25) is 0 Å². The van der Waals surface area contributed by atoms with E-state index in [2.05, 4.69) is 17.4 Å². The van der Waals surface area contributed by atoms with Crippen molar-refractivity contribution in [3.05, 3.63) is 23.3 Å². The van der Waals surface area contributed by atoms with Crippen molar-refractivity contribution in [2.75, 3.05) is 11.9 Å². The quantitative estimate of drug-likeness (QED) is 0.657. The van der Waals surface area contributed by atoms with Crippen molar-refractivity contribution in [2.45, 2.75) is 19.3 Å². The number of fused-ring (bicyclic) bond motifs is 2. The highest BCUT2D eigenvalue weighted by Crippen LogP contribution is 2.34. The molecule has 0 fully saturated rings. The molecule has 0 saturated carbocycles. The smallest absolute Gasteiger partial charge is 0.124 e. The second kappa shape index (κ2) is 2.95. The minimum absolute atomic E-state index is 0.822. The zero-order valence-corrected chi connectivity index (χ0v) is 8.62. The van der Waals surface area contributed by atoms with E-state index in [0.717, 1.165) is 42.3 Å². The van der Waals surface area contributed by atoms with E-state index in [1.807, 2.05) is 0 Å². The Bertz CT molecular complexity index is 414. The van der Waals surface area contributed by atoms with Gasteiger partial charge in [0.15, 0.2) is 0 Å². The SMILES string of the molecule is S=C1CCc2cc3c(cc2N1)OCC3. The van der Waals surface area contributed by atoms with Crippen LogP contribution in [0.3, 0.4) is 0 Å². The van der Waals surface area contributed by atoms with Gasteiger partial charge in [-0.25, -0.2) is 0 Å². The summed E-state index contributed by atoms with van der Waals surface area (Å²) in [5.41, 5.74) is 3.86. The molecule has 2 aliphatic heterocycles. The molecular formula is C11H11NOS. The number of nitrogens with one attached hydrogen (secondary N) is 1. The van der Waals surface area contributed by atoms with Gasteiger partial charge in [-0.2, -0.15) is 0 Å². The van der Waals surface area contributed by atoms with Gasteiger partial charge in [-0.05, 0) is 23.6 Å². The molecule has 1 aromatic carbocycles. The molecule has 14 heavy (non-hydrogen) atoms. The number of rotatable bonds is 0. The van der Waals surface area contributed by atoms with Gasteiger partial charge in [0.2, 0.25) is 0 Å². The average molecular weight is 205 g/mol. The second-order valence-electron chi connectivity index (χ2n) is 3.76. The van der Waals surface area contributed by atoms with Crippen LogP contribution >= 0.6 is 12.2 Å². The summed E-state index contributed by atoms with van der Waals surface area (Å²) in [6, 6.07) is 4.34. The molecule has 2 heterocycles. The summed E-state index contributed by atoms with van der Waals surface area (Å²) < 4.78 is 5.52. The predicted octanol–water partition coefficient (Wildman–Crippen LogP) is 2.31. The number of anilines is 1. The Kier molecular flexibility index (Phi) is 1.74. The van der Waals surface area contributed by atoms with Crippen molar-refractivity contribution in [3.63, 3.8) is 0 Å². The lowest BCUT2D eigenvalue weighted by Crippen LogP contribution is -2.17. The molecule has 0 radical (unpaired) electrons. The fraction of sp³-hybridized carbons (Fsp3) is 0.364. The van der Waals surface area contributed by atoms with Crippen LogP contribution in [0.15, 0.2) is 12.1 Å². The summed E-state index contributed by atoms with van der Waals surface area (Å²) >= 11 is 5.16. The van der Waals surface area contributed by atoms with E-state index in [0.29, 0.717) is 0 Å². The fourth-order valence-corrected chi connectivity index (χ4v) is 2.27. The Balaban J connectivity index is 2.10. The molecule has 0 saturated heterocycles. The number of aryl methyl sites for hydroxylation is 1. The summed E-state index contributed by atoms with van der Waals surface area (Å²) in [6.07, 6.45) is 3.09. The van der Waals surface area contributed by atoms with E-state index >= 15 is 0 Å². The summed E-state index contributed by atoms with van der Waals surface area (Å²) in [4.78, 5) is 0.940. The van der Waals surface area contributed by atoms with Crippen molar-refractivity contribution < 1.29 is 4.74 Å². The van der Waals surface area contributed by atoms with Crippen LogP contribution in [-0.4, -0.2) is 11.6 Å². The first-order valence-corrected chi connectivity index (χ1v) is 5.32. The van der Waals surface area contributed by atoms with E-state index in [1.165, 1.54) is 11.1 Å². The molecule has 1 aromatic rings. The molecule has 1 N–H and O–H groups in total. The van der Waals surface area contributed by atoms with Crippen molar-refractivity contribution in [3.8, 4) is 5.75 Å². The highest BCUT2D eigenvalue weighted by atomic mass is 32.1. The van der Waals surface area contributed by atoms with Crippen molar-refractivity contribution >= 4 is 22.9 Å².